The molecule has 0 aliphatic rings. The van der Waals surface area contributed by atoms with Crippen LogP contribution in [0.15, 0.2) is 18.2 Å². The van der Waals surface area contributed by atoms with Gasteiger partial charge < -0.3 is 15.2 Å². The average molecular weight is 303 g/mol. The first-order chi connectivity index (χ1) is 9.36. The Balaban J connectivity index is 2.83. The quantitative estimate of drug-likeness (QED) is 0.465. The molecule has 1 amide bonds. The molecule has 0 fully saturated rings. The first kappa shape index (κ1) is 15.9. The van der Waals surface area contributed by atoms with E-state index in [0.717, 1.165) is 13.2 Å². The first-order valence-electron chi connectivity index (χ1n) is 5.35. The molecule has 1 unspecified atom stereocenters. The molecule has 0 saturated carbocycles. The normalized spacial score (nSPS) is 11.6. The van der Waals surface area contributed by atoms with Crippen molar-refractivity contribution in [2.75, 3.05) is 13.7 Å². The Morgan fingerprint density at radius 3 is 2.75 bits per heavy atom. The number of hydrogen-bond acceptors (Lipinski definition) is 6. The summed E-state index contributed by atoms with van der Waals surface area (Å²) < 4.78 is 4.26. The lowest BCUT2D eigenvalue weighted by molar-refractivity contribution is -0.385. The summed E-state index contributed by atoms with van der Waals surface area (Å²) in [4.78, 5) is 32.8. The second kappa shape index (κ2) is 6.83. The molecule has 9 heteroatoms. The van der Waals surface area contributed by atoms with Gasteiger partial charge in [0.1, 0.15) is 5.56 Å². The largest absolute Gasteiger partial charge is 0.467 e. The highest BCUT2D eigenvalue weighted by Crippen LogP contribution is 2.22. The van der Waals surface area contributed by atoms with Crippen LogP contribution in [0.2, 0.25) is 5.02 Å². The van der Waals surface area contributed by atoms with Crippen LogP contribution >= 0.6 is 11.6 Å². The van der Waals surface area contributed by atoms with E-state index in [1.807, 2.05) is 0 Å². The van der Waals surface area contributed by atoms with Crippen molar-refractivity contribution >= 4 is 29.2 Å². The molecule has 0 aliphatic carbocycles. The number of nitro groups is 1. The number of methoxy groups -OCH3 is 1. The number of amides is 1. The van der Waals surface area contributed by atoms with Crippen molar-refractivity contribution in [3.8, 4) is 0 Å². The summed E-state index contributed by atoms with van der Waals surface area (Å²) in [5.74, 6) is -1.73. The Kier molecular flexibility index (Phi) is 5.42. The van der Waals surface area contributed by atoms with E-state index in [-0.39, 0.29) is 10.6 Å². The topological polar surface area (TPSA) is 119 Å². The summed E-state index contributed by atoms with van der Waals surface area (Å²) in [6.45, 7) is -0.425. The van der Waals surface area contributed by atoms with E-state index in [9.17, 15) is 24.8 Å². The van der Waals surface area contributed by atoms with Crippen LogP contribution in [-0.4, -0.2) is 41.7 Å². The molecule has 20 heavy (non-hydrogen) atoms. The number of rotatable bonds is 5. The number of aliphatic hydroxyl groups is 1. The molecule has 0 radical (unpaired) electrons. The van der Waals surface area contributed by atoms with Gasteiger partial charge in [0.05, 0.1) is 18.6 Å². The minimum absolute atomic E-state index is 0.114. The third-order valence-electron chi connectivity index (χ3n) is 2.33. The van der Waals surface area contributed by atoms with Gasteiger partial charge in [0.2, 0.25) is 0 Å². The molecule has 0 bridgehead atoms. The number of benzene rings is 1. The van der Waals surface area contributed by atoms with Gasteiger partial charge in [0.15, 0.2) is 6.10 Å². The van der Waals surface area contributed by atoms with Crippen molar-refractivity contribution in [1.29, 1.82) is 0 Å². The molecule has 1 atom stereocenters. The molecule has 0 aromatic heterocycles. The maximum Gasteiger partial charge on any atom is 0.336 e. The van der Waals surface area contributed by atoms with Crippen LogP contribution in [0.1, 0.15) is 10.4 Å². The fraction of sp³-hybridized carbons (Fsp3) is 0.273. The van der Waals surface area contributed by atoms with Crippen LogP contribution in [0.3, 0.4) is 0 Å². The summed E-state index contributed by atoms with van der Waals surface area (Å²) in [5, 5.41) is 22.4. The molecular formula is C11H11ClN2O6. The van der Waals surface area contributed by atoms with Crippen molar-refractivity contribution in [3.05, 3.63) is 38.9 Å². The number of aliphatic hydroxyl groups excluding tert-OH is 1. The van der Waals surface area contributed by atoms with Crippen LogP contribution < -0.4 is 5.32 Å². The Hall–Kier alpha value is -2.19. The lowest BCUT2D eigenvalue weighted by Gasteiger charge is -2.10. The first-order valence-corrected chi connectivity index (χ1v) is 5.72. The SMILES string of the molecule is COC(=O)C(O)CNC(=O)c1ccc(Cl)cc1[N+](=O)[O-]. The highest BCUT2D eigenvalue weighted by Gasteiger charge is 2.22. The van der Waals surface area contributed by atoms with Gasteiger partial charge in [-0.05, 0) is 12.1 Å². The van der Waals surface area contributed by atoms with E-state index in [4.69, 9.17) is 11.6 Å². The van der Waals surface area contributed by atoms with Gasteiger partial charge in [-0.3, -0.25) is 14.9 Å². The molecule has 8 nitrogen and oxygen atoms in total. The summed E-state index contributed by atoms with van der Waals surface area (Å²) >= 11 is 5.62. The summed E-state index contributed by atoms with van der Waals surface area (Å²) in [6.07, 6.45) is -1.55. The summed E-state index contributed by atoms with van der Waals surface area (Å²) in [6, 6.07) is 3.54. The molecule has 0 aliphatic heterocycles. The number of ether oxygens (including phenoxy) is 1. The number of nitro benzene ring substituents is 1. The molecule has 2 N–H and O–H groups in total. The van der Waals surface area contributed by atoms with E-state index in [2.05, 4.69) is 10.1 Å². The fourth-order valence-electron chi connectivity index (χ4n) is 1.35. The zero-order chi connectivity index (χ0) is 15.3. The lowest BCUT2D eigenvalue weighted by atomic mass is 10.1. The van der Waals surface area contributed by atoms with Crippen LogP contribution in [0.4, 0.5) is 5.69 Å². The van der Waals surface area contributed by atoms with Crippen LogP contribution in [0.25, 0.3) is 0 Å². The highest BCUT2D eigenvalue weighted by atomic mass is 35.5. The number of carbonyl (C=O) groups excluding carboxylic acids is 2. The Bertz CT molecular complexity index is 548. The molecule has 0 saturated heterocycles. The molecule has 1 rings (SSSR count). The molecule has 0 spiro atoms. The number of nitrogens with zero attached hydrogens (tertiary/aromatic N) is 1. The van der Waals surface area contributed by atoms with Crippen LogP contribution in [0.5, 0.6) is 0 Å². The predicted molar refractivity (Wildman–Crippen MR) is 68.5 cm³/mol. The van der Waals surface area contributed by atoms with E-state index in [1.54, 1.807) is 0 Å². The maximum absolute atomic E-state index is 11.8. The Labute approximate surface area is 118 Å². The van der Waals surface area contributed by atoms with Gasteiger partial charge in [-0.15, -0.1) is 0 Å². The van der Waals surface area contributed by atoms with Crippen molar-refractivity contribution in [1.82, 2.24) is 5.32 Å². The van der Waals surface area contributed by atoms with Gasteiger partial charge in [-0.25, -0.2) is 4.79 Å². The van der Waals surface area contributed by atoms with E-state index in [0.29, 0.717) is 0 Å². The smallest absolute Gasteiger partial charge is 0.336 e. The van der Waals surface area contributed by atoms with E-state index in [1.165, 1.54) is 12.1 Å². The minimum Gasteiger partial charge on any atom is -0.467 e. The number of nitrogens with one attached hydrogen (secondary N) is 1. The second-order valence-corrected chi connectivity index (χ2v) is 4.10. The van der Waals surface area contributed by atoms with Gasteiger partial charge in [-0.2, -0.15) is 0 Å². The standard InChI is InChI=1S/C11H11ClN2O6/c1-20-11(17)9(15)5-13-10(16)7-3-2-6(12)4-8(7)14(18)19/h2-4,9,15H,5H2,1H3,(H,13,16). The van der Waals surface area contributed by atoms with Crippen molar-refractivity contribution in [2.24, 2.45) is 0 Å². The van der Waals surface area contributed by atoms with Crippen molar-refractivity contribution < 1.29 is 24.4 Å². The highest BCUT2D eigenvalue weighted by molar-refractivity contribution is 6.31. The third-order valence-corrected chi connectivity index (χ3v) is 2.57. The second-order valence-electron chi connectivity index (χ2n) is 3.67. The van der Waals surface area contributed by atoms with Gasteiger partial charge >= 0.3 is 5.97 Å². The monoisotopic (exact) mass is 302 g/mol. The molecule has 1 aromatic carbocycles. The van der Waals surface area contributed by atoms with Gasteiger partial charge in [0, 0.05) is 11.1 Å². The van der Waals surface area contributed by atoms with Crippen LogP contribution in [0, 0.1) is 10.1 Å². The Morgan fingerprint density at radius 2 is 2.20 bits per heavy atom. The number of hydrogen-bond donors (Lipinski definition) is 2. The Morgan fingerprint density at radius 1 is 1.55 bits per heavy atom. The molecular weight excluding hydrogens is 292 g/mol. The maximum atomic E-state index is 11.8. The number of esters is 1. The third kappa shape index (κ3) is 3.90. The van der Waals surface area contributed by atoms with Crippen LogP contribution in [-0.2, 0) is 9.53 Å². The fourth-order valence-corrected chi connectivity index (χ4v) is 1.52. The number of carbonyl (C=O) groups is 2. The number of halogens is 1. The van der Waals surface area contributed by atoms with Crippen molar-refractivity contribution in [2.45, 2.75) is 6.10 Å². The predicted octanol–water partition coefficient (Wildman–Crippen LogP) is 0.512. The van der Waals surface area contributed by atoms with Gasteiger partial charge in [0.25, 0.3) is 11.6 Å². The zero-order valence-corrected chi connectivity index (χ0v) is 11.1. The van der Waals surface area contributed by atoms with Gasteiger partial charge in [-0.1, -0.05) is 11.6 Å². The molecule has 108 valence electrons. The summed E-state index contributed by atoms with van der Waals surface area (Å²) in [5.41, 5.74) is -0.695. The molecule has 0 heterocycles. The van der Waals surface area contributed by atoms with E-state index < -0.39 is 35.1 Å². The lowest BCUT2D eigenvalue weighted by Crippen LogP contribution is -2.37. The summed E-state index contributed by atoms with van der Waals surface area (Å²) in [7, 11) is 1.08. The minimum atomic E-state index is -1.55. The van der Waals surface area contributed by atoms with Crippen molar-refractivity contribution in [3.63, 3.8) is 0 Å². The molecule has 1 aromatic rings. The zero-order valence-electron chi connectivity index (χ0n) is 10.3. The van der Waals surface area contributed by atoms with E-state index >= 15 is 0 Å². The average Bonchev–Trinajstić information content (AvgIpc) is 2.43.